The van der Waals surface area contributed by atoms with Crippen LogP contribution in [0.4, 0.5) is 0 Å². The summed E-state index contributed by atoms with van der Waals surface area (Å²) in [6, 6.07) is 34.7. The molecule has 0 fully saturated rings. The number of amides is 2. The number of carbonyl (C=O) groups is 2. The van der Waals surface area contributed by atoms with Gasteiger partial charge in [-0.1, -0.05) is 115 Å². The average molecular weight is 499 g/mol. The van der Waals surface area contributed by atoms with E-state index >= 15 is 0 Å². The Bertz CT molecular complexity index is 1270. The van der Waals surface area contributed by atoms with Gasteiger partial charge in [0.15, 0.2) is 6.61 Å². The third-order valence-electron chi connectivity index (χ3n) is 5.69. The molecule has 36 heavy (non-hydrogen) atoms. The molecule has 1 N–H and O–H groups in total. The van der Waals surface area contributed by atoms with Crippen molar-refractivity contribution in [2.75, 3.05) is 6.61 Å². The molecule has 0 bridgehead atoms. The van der Waals surface area contributed by atoms with Gasteiger partial charge in [-0.15, -0.1) is 0 Å². The van der Waals surface area contributed by atoms with E-state index in [2.05, 4.69) is 5.32 Å². The second-order valence-corrected chi connectivity index (χ2v) is 8.65. The summed E-state index contributed by atoms with van der Waals surface area (Å²) < 4.78 is 5.76. The normalized spacial score (nSPS) is 11.4. The summed E-state index contributed by atoms with van der Waals surface area (Å²) in [4.78, 5) is 28.8. The predicted octanol–water partition coefficient (Wildman–Crippen LogP) is 5.81. The maximum absolute atomic E-state index is 13.6. The summed E-state index contributed by atoms with van der Waals surface area (Å²) in [5.41, 5.74) is 2.59. The van der Waals surface area contributed by atoms with Gasteiger partial charge in [0.1, 0.15) is 11.8 Å². The van der Waals surface area contributed by atoms with E-state index in [9.17, 15) is 9.59 Å². The molecule has 4 rings (SSSR count). The van der Waals surface area contributed by atoms with Crippen molar-refractivity contribution in [3.63, 3.8) is 0 Å². The Morgan fingerprint density at radius 1 is 0.750 bits per heavy atom. The quantitative estimate of drug-likeness (QED) is 0.300. The van der Waals surface area contributed by atoms with E-state index < -0.39 is 6.04 Å². The third kappa shape index (κ3) is 6.74. The lowest BCUT2D eigenvalue weighted by molar-refractivity contribution is -0.143. The van der Waals surface area contributed by atoms with Crippen LogP contribution in [0.25, 0.3) is 0 Å². The molecule has 1 unspecified atom stereocenters. The van der Waals surface area contributed by atoms with E-state index in [0.717, 1.165) is 11.1 Å². The minimum absolute atomic E-state index is 0.240. The molecule has 0 radical (unpaired) electrons. The van der Waals surface area contributed by atoms with Gasteiger partial charge in [-0.3, -0.25) is 9.59 Å². The van der Waals surface area contributed by atoms with Crippen molar-refractivity contribution in [1.29, 1.82) is 0 Å². The molecule has 4 aromatic carbocycles. The van der Waals surface area contributed by atoms with E-state index in [1.165, 1.54) is 0 Å². The second kappa shape index (κ2) is 12.6. The lowest BCUT2D eigenvalue weighted by Crippen LogP contribution is -2.45. The van der Waals surface area contributed by atoms with Crippen LogP contribution in [0.2, 0.25) is 5.02 Å². The molecule has 6 heteroatoms. The highest BCUT2D eigenvalue weighted by molar-refractivity contribution is 6.32. The van der Waals surface area contributed by atoms with Crippen LogP contribution in [0.5, 0.6) is 5.75 Å². The van der Waals surface area contributed by atoms with Crippen molar-refractivity contribution in [3.05, 3.63) is 137 Å². The molecular formula is C30H27ClN2O3. The minimum Gasteiger partial charge on any atom is -0.482 e. The zero-order valence-electron chi connectivity index (χ0n) is 19.7. The minimum atomic E-state index is -0.850. The lowest BCUT2D eigenvalue weighted by Gasteiger charge is -2.31. The number of carbonyl (C=O) groups excluding carboxylic acids is 2. The molecule has 4 aromatic rings. The molecule has 0 aliphatic rings. The van der Waals surface area contributed by atoms with Crippen molar-refractivity contribution in [2.24, 2.45) is 0 Å². The summed E-state index contributed by atoms with van der Waals surface area (Å²) in [6.07, 6.45) is 0. The molecule has 0 heterocycles. The summed E-state index contributed by atoms with van der Waals surface area (Å²) in [7, 11) is 0. The van der Waals surface area contributed by atoms with Crippen LogP contribution in [0, 0.1) is 0 Å². The fourth-order valence-electron chi connectivity index (χ4n) is 3.88. The first kappa shape index (κ1) is 25.0. The van der Waals surface area contributed by atoms with Crippen LogP contribution < -0.4 is 10.1 Å². The molecule has 2 amide bonds. The number of hydrogen-bond donors (Lipinski definition) is 1. The summed E-state index contributed by atoms with van der Waals surface area (Å²) in [6.45, 7) is 0.336. The van der Waals surface area contributed by atoms with Gasteiger partial charge in [0.25, 0.3) is 5.91 Å². The van der Waals surface area contributed by atoms with Gasteiger partial charge < -0.3 is 15.0 Å². The molecule has 0 aliphatic heterocycles. The van der Waals surface area contributed by atoms with E-state index in [1.807, 2.05) is 91.0 Å². The Hall–Kier alpha value is -4.09. The zero-order chi connectivity index (χ0) is 25.2. The Labute approximate surface area is 216 Å². The topological polar surface area (TPSA) is 58.6 Å². The number of nitrogens with one attached hydrogen (secondary N) is 1. The van der Waals surface area contributed by atoms with E-state index in [0.29, 0.717) is 22.9 Å². The number of para-hydroxylation sites is 1. The third-order valence-corrected chi connectivity index (χ3v) is 6.00. The van der Waals surface area contributed by atoms with E-state index in [1.54, 1.807) is 29.2 Å². The Balaban J connectivity index is 1.62. The lowest BCUT2D eigenvalue weighted by atomic mass is 10.0. The number of nitrogens with zero attached hydrogens (tertiary/aromatic N) is 1. The number of hydrogen-bond acceptors (Lipinski definition) is 3. The van der Waals surface area contributed by atoms with Crippen LogP contribution in [-0.2, 0) is 22.7 Å². The smallest absolute Gasteiger partial charge is 0.261 e. The largest absolute Gasteiger partial charge is 0.482 e. The summed E-state index contributed by atoms with van der Waals surface area (Å²) in [5.74, 6) is -0.188. The first-order chi connectivity index (χ1) is 17.6. The summed E-state index contributed by atoms with van der Waals surface area (Å²) in [5, 5.41) is 3.42. The van der Waals surface area contributed by atoms with Crippen LogP contribution in [0.15, 0.2) is 115 Å². The van der Waals surface area contributed by atoms with Crippen LogP contribution >= 0.6 is 11.6 Å². The van der Waals surface area contributed by atoms with Gasteiger partial charge in [0.2, 0.25) is 5.91 Å². The highest BCUT2D eigenvalue weighted by Crippen LogP contribution is 2.26. The van der Waals surface area contributed by atoms with Crippen LogP contribution in [0.1, 0.15) is 22.7 Å². The van der Waals surface area contributed by atoms with Gasteiger partial charge >= 0.3 is 0 Å². The zero-order valence-corrected chi connectivity index (χ0v) is 20.5. The Morgan fingerprint density at radius 3 is 1.94 bits per heavy atom. The maximum atomic E-state index is 13.6. The maximum Gasteiger partial charge on any atom is 0.261 e. The van der Waals surface area contributed by atoms with Gasteiger partial charge in [-0.25, -0.2) is 0 Å². The fourth-order valence-corrected chi connectivity index (χ4v) is 4.07. The molecule has 182 valence electrons. The molecule has 0 spiro atoms. The first-order valence-electron chi connectivity index (χ1n) is 11.7. The number of rotatable bonds is 10. The van der Waals surface area contributed by atoms with Crippen LogP contribution in [-0.4, -0.2) is 23.3 Å². The fraction of sp³-hybridized carbons (Fsp3) is 0.133. The predicted molar refractivity (Wildman–Crippen MR) is 141 cm³/mol. The van der Waals surface area contributed by atoms with Crippen LogP contribution in [0.3, 0.4) is 0 Å². The van der Waals surface area contributed by atoms with E-state index in [4.69, 9.17) is 16.3 Å². The molecule has 0 aromatic heterocycles. The number of halogens is 1. The SMILES string of the molecule is O=C(NCc1ccccc1)C(c1ccccc1)N(Cc1ccccc1)C(=O)COc1ccccc1Cl. The number of benzene rings is 4. The van der Waals surface area contributed by atoms with E-state index in [-0.39, 0.29) is 25.0 Å². The standard InChI is InChI=1S/C30H27ClN2O3/c31-26-18-10-11-19-27(26)36-22-28(34)33(21-24-14-6-2-7-15-24)29(25-16-8-3-9-17-25)30(35)32-20-23-12-4-1-5-13-23/h1-19,29H,20-22H2,(H,32,35). The van der Waals surface area contributed by atoms with Crippen molar-refractivity contribution in [1.82, 2.24) is 10.2 Å². The summed E-state index contributed by atoms with van der Waals surface area (Å²) >= 11 is 6.21. The van der Waals surface area contributed by atoms with Crippen molar-refractivity contribution in [3.8, 4) is 5.75 Å². The highest BCUT2D eigenvalue weighted by atomic mass is 35.5. The molecule has 0 saturated heterocycles. The molecular weight excluding hydrogens is 472 g/mol. The van der Waals surface area contributed by atoms with Crippen molar-refractivity contribution < 1.29 is 14.3 Å². The average Bonchev–Trinajstić information content (AvgIpc) is 2.92. The molecule has 5 nitrogen and oxygen atoms in total. The monoisotopic (exact) mass is 498 g/mol. The Kier molecular flexibility index (Phi) is 8.73. The molecule has 0 saturated carbocycles. The van der Waals surface area contributed by atoms with Gasteiger partial charge in [0.05, 0.1) is 5.02 Å². The molecule has 1 atom stereocenters. The number of ether oxygens (including phenoxy) is 1. The van der Waals surface area contributed by atoms with Gasteiger partial charge in [-0.05, 0) is 28.8 Å². The van der Waals surface area contributed by atoms with Gasteiger partial charge in [-0.2, -0.15) is 0 Å². The second-order valence-electron chi connectivity index (χ2n) is 8.24. The Morgan fingerprint density at radius 2 is 1.31 bits per heavy atom. The van der Waals surface area contributed by atoms with Gasteiger partial charge in [0, 0.05) is 13.1 Å². The molecule has 0 aliphatic carbocycles. The first-order valence-corrected chi connectivity index (χ1v) is 12.1. The highest BCUT2D eigenvalue weighted by Gasteiger charge is 2.31. The van der Waals surface area contributed by atoms with Crippen molar-refractivity contribution >= 4 is 23.4 Å². The van der Waals surface area contributed by atoms with Crippen molar-refractivity contribution in [2.45, 2.75) is 19.1 Å².